The zero-order valence-corrected chi connectivity index (χ0v) is 16.1. The molecule has 4 rings (SSSR count). The molecule has 0 fully saturated rings. The Morgan fingerprint density at radius 1 is 0.929 bits per heavy atom. The third kappa shape index (κ3) is 4.00. The second-order valence-electron chi connectivity index (χ2n) is 6.13. The average molecular weight is 386 g/mol. The highest BCUT2D eigenvalue weighted by atomic mass is 32.2. The fraction of sp³-hybridized carbons (Fsp3) is 0.0435. The van der Waals surface area contributed by atoms with Crippen molar-refractivity contribution < 1.29 is 9.21 Å². The number of nitrogens with one attached hydrogen (secondary N) is 1. The number of carbonyl (C=O) groups excluding carboxylic acids is 1. The Kier molecular flexibility index (Phi) is 5.26. The van der Waals surface area contributed by atoms with Crippen LogP contribution in [0.3, 0.4) is 0 Å². The van der Waals surface area contributed by atoms with Gasteiger partial charge < -0.3 is 9.73 Å². The van der Waals surface area contributed by atoms with Crippen molar-refractivity contribution >= 4 is 40.0 Å². The van der Waals surface area contributed by atoms with Crippen LogP contribution in [0.15, 0.2) is 99.2 Å². The Bertz CT molecular complexity index is 1180. The fourth-order valence-electron chi connectivity index (χ4n) is 2.81. The van der Waals surface area contributed by atoms with Crippen molar-refractivity contribution in [3.63, 3.8) is 0 Å². The lowest BCUT2D eigenvalue weighted by molar-refractivity contribution is 0.102. The van der Waals surface area contributed by atoms with Crippen molar-refractivity contribution in [1.29, 1.82) is 0 Å². The largest absolute Gasteiger partial charge is 0.438 e. The number of nitrogens with zero attached hydrogens (tertiary/aromatic N) is 1. The van der Waals surface area contributed by atoms with Gasteiger partial charge in [-0.3, -0.25) is 4.79 Å². The van der Waals surface area contributed by atoms with Gasteiger partial charge in [-0.25, -0.2) is 4.99 Å². The first kappa shape index (κ1) is 18.1. The molecule has 0 spiro atoms. The van der Waals surface area contributed by atoms with Crippen molar-refractivity contribution in [3.05, 3.63) is 96.0 Å². The minimum Gasteiger partial charge on any atom is -0.438 e. The first-order chi connectivity index (χ1) is 13.7. The molecule has 0 aliphatic rings. The molecule has 0 unspecified atom stereocenters. The minimum absolute atomic E-state index is 0.264. The lowest BCUT2D eigenvalue weighted by atomic mass is 10.1. The summed E-state index contributed by atoms with van der Waals surface area (Å²) in [6.45, 7) is 0. The third-order valence-electron chi connectivity index (χ3n) is 4.24. The highest BCUT2D eigenvalue weighted by Crippen LogP contribution is 2.20. The van der Waals surface area contributed by atoms with E-state index in [1.54, 1.807) is 11.8 Å². The molecule has 0 aliphatic heterocycles. The summed E-state index contributed by atoms with van der Waals surface area (Å²) >= 11 is 1.67. The number of amides is 1. The Morgan fingerprint density at radius 2 is 1.64 bits per heavy atom. The summed E-state index contributed by atoms with van der Waals surface area (Å²) in [5.74, 6) is -0.264. The van der Waals surface area contributed by atoms with Gasteiger partial charge in [0.15, 0.2) is 0 Å². The van der Waals surface area contributed by atoms with Gasteiger partial charge in [0.2, 0.25) is 5.55 Å². The zero-order chi connectivity index (χ0) is 19.3. The van der Waals surface area contributed by atoms with E-state index in [4.69, 9.17) is 4.42 Å². The van der Waals surface area contributed by atoms with Gasteiger partial charge in [-0.15, -0.1) is 11.8 Å². The second-order valence-corrected chi connectivity index (χ2v) is 7.01. The number of benzene rings is 3. The number of para-hydroxylation sites is 2. The molecule has 0 bridgehead atoms. The van der Waals surface area contributed by atoms with Crippen molar-refractivity contribution in [2.24, 2.45) is 4.99 Å². The lowest BCUT2D eigenvalue weighted by Gasteiger charge is -2.07. The van der Waals surface area contributed by atoms with Crippen LogP contribution in [0.1, 0.15) is 10.4 Å². The molecule has 138 valence electrons. The first-order valence-corrected chi connectivity index (χ1v) is 10.0. The predicted molar refractivity (Wildman–Crippen MR) is 114 cm³/mol. The van der Waals surface area contributed by atoms with Crippen molar-refractivity contribution in [1.82, 2.24) is 0 Å². The molecule has 3 aromatic carbocycles. The molecule has 4 nitrogen and oxygen atoms in total. The molecule has 1 amide bonds. The first-order valence-electron chi connectivity index (χ1n) is 8.81. The summed E-state index contributed by atoms with van der Waals surface area (Å²) in [5, 5.41) is 3.75. The van der Waals surface area contributed by atoms with E-state index >= 15 is 0 Å². The highest BCUT2D eigenvalue weighted by Gasteiger charge is 2.13. The number of hydrogen-bond donors (Lipinski definition) is 1. The van der Waals surface area contributed by atoms with Crippen molar-refractivity contribution in [2.45, 2.75) is 4.90 Å². The normalized spacial score (nSPS) is 11.5. The van der Waals surface area contributed by atoms with Crippen LogP contribution in [0.4, 0.5) is 11.4 Å². The van der Waals surface area contributed by atoms with Gasteiger partial charge >= 0.3 is 0 Å². The molecule has 1 aromatic heterocycles. The van der Waals surface area contributed by atoms with E-state index in [-0.39, 0.29) is 11.5 Å². The van der Waals surface area contributed by atoms with E-state index in [1.165, 1.54) is 0 Å². The summed E-state index contributed by atoms with van der Waals surface area (Å²) in [4.78, 5) is 18.7. The van der Waals surface area contributed by atoms with Gasteiger partial charge in [0, 0.05) is 16.0 Å². The van der Waals surface area contributed by atoms with Crippen LogP contribution >= 0.6 is 11.8 Å². The molecule has 1 N–H and O–H groups in total. The summed E-state index contributed by atoms with van der Waals surface area (Å²) in [5.41, 5.74) is 2.79. The molecule has 0 atom stereocenters. The Labute approximate surface area is 166 Å². The fourth-order valence-corrected chi connectivity index (χ4v) is 3.22. The van der Waals surface area contributed by atoms with Crippen LogP contribution in [0.25, 0.3) is 11.0 Å². The Balaban J connectivity index is 1.82. The van der Waals surface area contributed by atoms with Gasteiger partial charge in [0.25, 0.3) is 5.91 Å². The van der Waals surface area contributed by atoms with Crippen LogP contribution in [0.5, 0.6) is 0 Å². The van der Waals surface area contributed by atoms with Crippen molar-refractivity contribution in [2.75, 3.05) is 11.6 Å². The van der Waals surface area contributed by atoms with E-state index in [9.17, 15) is 4.79 Å². The maximum absolute atomic E-state index is 12.9. The summed E-state index contributed by atoms with van der Waals surface area (Å²) in [6, 6.07) is 26.5. The van der Waals surface area contributed by atoms with E-state index in [2.05, 4.69) is 10.3 Å². The number of thioether (sulfide) groups is 1. The molecule has 0 radical (unpaired) electrons. The minimum atomic E-state index is -0.264. The second kappa shape index (κ2) is 8.15. The highest BCUT2D eigenvalue weighted by molar-refractivity contribution is 7.98. The standard InChI is InChI=1S/C23H18N2O2S/c1-28-19-13-11-18(12-14-19)25-23-20(15-16-7-5-6-10-21(16)27-23)22(26)24-17-8-3-2-4-9-17/h2-15H,1H3,(H,24,26). The number of hydrogen-bond acceptors (Lipinski definition) is 4. The third-order valence-corrected chi connectivity index (χ3v) is 4.98. The monoisotopic (exact) mass is 386 g/mol. The van der Waals surface area contributed by atoms with Crippen LogP contribution < -0.4 is 10.9 Å². The molecule has 1 heterocycles. The number of rotatable bonds is 4. The number of anilines is 1. The van der Waals surface area contributed by atoms with Crippen LogP contribution in [0.2, 0.25) is 0 Å². The maximum atomic E-state index is 12.9. The van der Waals surface area contributed by atoms with Gasteiger partial charge in [0.05, 0.1) is 5.69 Å². The van der Waals surface area contributed by atoms with Crippen LogP contribution in [0, 0.1) is 0 Å². The Morgan fingerprint density at radius 3 is 2.39 bits per heavy atom. The lowest BCUT2D eigenvalue weighted by Crippen LogP contribution is -2.21. The summed E-state index contributed by atoms with van der Waals surface area (Å²) in [7, 11) is 0. The molecular formula is C23H18N2O2S. The van der Waals surface area contributed by atoms with Crippen molar-refractivity contribution in [3.8, 4) is 0 Å². The zero-order valence-electron chi connectivity index (χ0n) is 15.3. The molecule has 0 saturated carbocycles. The quantitative estimate of drug-likeness (QED) is 0.462. The molecule has 28 heavy (non-hydrogen) atoms. The average Bonchev–Trinajstić information content (AvgIpc) is 2.74. The van der Waals surface area contributed by atoms with E-state index in [1.807, 2.05) is 91.2 Å². The predicted octanol–water partition coefficient (Wildman–Crippen LogP) is 5.64. The maximum Gasteiger partial charge on any atom is 0.261 e. The van der Waals surface area contributed by atoms with Gasteiger partial charge in [-0.05, 0) is 54.8 Å². The smallest absolute Gasteiger partial charge is 0.261 e. The molecule has 5 heteroatoms. The van der Waals surface area contributed by atoms with Crippen LogP contribution in [-0.4, -0.2) is 12.2 Å². The number of fused-ring (bicyclic) bond motifs is 1. The molecule has 0 aliphatic carbocycles. The Hall–Kier alpha value is -3.31. The van der Waals surface area contributed by atoms with E-state index in [0.717, 1.165) is 21.7 Å². The van der Waals surface area contributed by atoms with Gasteiger partial charge in [0.1, 0.15) is 11.1 Å². The van der Waals surface area contributed by atoms with Gasteiger partial charge in [-0.2, -0.15) is 0 Å². The van der Waals surface area contributed by atoms with E-state index < -0.39 is 0 Å². The topological polar surface area (TPSA) is 54.6 Å². The molecular weight excluding hydrogens is 368 g/mol. The molecule has 4 aromatic rings. The van der Waals surface area contributed by atoms with Gasteiger partial charge in [-0.1, -0.05) is 36.4 Å². The summed E-state index contributed by atoms with van der Waals surface area (Å²) < 4.78 is 5.98. The summed E-state index contributed by atoms with van der Waals surface area (Å²) in [6.07, 6.45) is 2.02. The SMILES string of the molecule is CSc1ccc(N=c2oc3ccccc3cc2C(=O)Nc2ccccc2)cc1. The van der Waals surface area contributed by atoms with E-state index in [0.29, 0.717) is 11.1 Å². The molecule has 0 saturated heterocycles. The van der Waals surface area contributed by atoms with Crippen LogP contribution in [-0.2, 0) is 0 Å². The number of carbonyl (C=O) groups is 1.